The van der Waals surface area contributed by atoms with Crippen molar-refractivity contribution in [2.75, 3.05) is 0 Å². The number of allylic oxidation sites excluding steroid dienone is 1. The van der Waals surface area contributed by atoms with Gasteiger partial charge in [0.25, 0.3) is 0 Å². The summed E-state index contributed by atoms with van der Waals surface area (Å²) in [5.41, 5.74) is 0. The molecule has 1 nitrogen and oxygen atoms in total. The second kappa shape index (κ2) is 5.63. The van der Waals surface area contributed by atoms with E-state index >= 15 is 0 Å². The summed E-state index contributed by atoms with van der Waals surface area (Å²) >= 11 is 3.82. The van der Waals surface area contributed by atoms with Crippen LogP contribution in [0.15, 0.2) is 23.9 Å². The van der Waals surface area contributed by atoms with Crippen LogP contribution in [0.25, 0.3) is 0 Å². The van der Waals surface area contributed by atoms with Crippen LogP contribution in [0.2, 0.25) is 0 Å². The van der Waals surface area contributed by atoms with E-state index in [1.807, 2.05) is 19.2 Å². The topological polar surface area (TPSA) is 12.0 Å². The standard InChI is InChI=1S/C5H9NS/c1-2-3-6-4-5-7/h2-7H,1H3/b3-2-,5-4-. The number of thiol groups is 1. The van der Waals surface area contributed by atoms with Crippen LogP contribution in [-0.2, 0) is 0 Å². The zero-order chi connectivity index (χ0) is 5.54. The molecule has 0 aliphatic rings. The van der Waals surface area contributed by atoms with Crippen molar-refractivity contribution in [3.8, 4) is 0 Å². The summed E-state index contributed by atoms with van der Waals surface area (Å²) in [5.74, 6) is 0. The van der Waals surface area contributed by atoms with E-state index in [0.717, 1.165) is 0 Å². The van der Waals surface area contributed by atoms with Crippen LogP contribution < -0.4 is 5.32 Å². The highest BCUT2D eigenvalue weighted by atomic mass is 32.1. The molecule has 0 heterocycles. The minimum Gasteiger partial charge on any atom is -0.367 e. The summed E-state index contributed by atoms with van der Waals surface area (Å²) in [5, 5.41) is 4.49. The molecule has 0 rings (SSSR count). The van der Waals surface area contributed by atoms with Crippen molar-refractivity contribution < 1.29 is 0 Å². The third-order valence-corrected chi connectivity index (χ3v) is 0.583. The third kappa shape index (κ3) is 5.63. The molecule has 1 N–H and O–H groups in total. The van der Waals surface area contributed by atoms with E-state index < -0.39 is 0 Å². The van der Waals surface area contributed by atoms with Gasteiger partial charge in [0.15, 0.2) is 0 Å². The van der Waals surface area contributed by atoms with E-state index in [1.54, 1.807) is 11.6 Å². The van der Waals surface area contributed by atoms with E-state index in [4.69, 9.17) is 0 Å². The van der Waals surface area contributed by atoms with Crippen LogP contribution >= 0.6 is 12.6 Å². The van der Waals surface area contributed by atoms with Crippen molar-refractivity contribution in [1.29, 1.82) is 0 Å². The number of hydrogen-bond acceptors (Lipinski definition) is 2. The highest BCUT2D eigenvalue weighted by molar-refractivity contribution is 7.83. The molecule has 2 heteroatoms. The Morgan fingerprint density at radius 2 is 2.14 bits per heavy atom. The minimum absolute atomic E-state index is 1.64. The SMILES string of the molecule is C/C=C\N/C=C\S. The Bertz CT molecular complexity index is 66.1. The van der Waals surface area contributed by atoms with E-state index in [9.17, 15) is 0 Å². The van der Waals surface area contributed by atoms with E-state index in [-0.39, 0.29) is 0 Å². The zero-order valence-corrected chi connectivity index (χ0v) is 5.15. The minimum atomic E-state index is 1.64. The number of rotatable bonds is 2. The maximum atomic E-state index is 3.82. The third-order valence-electron chi connectivity index (χ3n) is 0.434. The Balaban J connectivity index is 2.98. The molecule has 0 aliphatic carbocycles. The Labute approximate surface area is 49.5 Å². The number of nitrogens with one attached hydrogen (secondary N) is 1. The van der Waals surface area contributed by atoms with Gasteiger partial charge in [-0.1, -0.05) is 6.08 Å². The summed E-state index contributed by atoms with van der Waals surface area (Å²) in [6.45, 7) is 1.94. The second-order valence-corrected chi connectivity index (χ2v) is 1.28. The molecule has 7 heavy (non-hydrogen) atoms. The first kappa shape index (κ1) is 6.63. The van der Waals surface area contributed by atoms with Crippen molar-refractivity contribution >= 4 is 12.6 Å². The fraction of sp³-hybridized carbons (Fsp3) is 0.200. The van der Waals surface area contributed by atoms with Gasteiger partial charge in [0.05, 0.1) is 0 Å². The first-order valence-electron chi connectivity index (χ1n) is 2.08. The first-order chi connectivity index (χ1) is 3.41. The lowest BCUT2D eigenvalue weighted by molar-refractivity contribution is 1.19. The summed E-state index contributed by atoms with van der Waals surface area (Å²) < 4.78 is 0. The summed E-state index contributed by atoms with van der Waals surface area (Å²) in [7, 11) is 0. The van der Waals surface area contributed by atoms with Gasteiger partial charge in [0.2, 0.25) is 0 Å². The van der Waals surface area contributed by atoms with E-state index in [0.29, 0.717) is 0 Å². The van der Waals surface area contributed by atoms with Gasteiger partial charge in [-0.05, 0) is 18.5 Å². The molecule has 0 aromatic carbocycles. The molecule has 0 fully saturated rings. The normalized spacial score (nSPS) is 11.1. The Morgan fingerprint density at radius 3 is 2.57 bits per heavy atom. The molecule has 0 aromatic rings. The predicted octanol–water partition coefficient (Wildman–Crippen LogP) is 1.51. The molecule has 40 valence electrons. The molecule has 0 saturated heterocycles. The van der Waals surface area contributed by atoms with Gasteiger partial charge in [-0.3, -0.25) is 0 Å². The van der Waals surface area contributed by atoms with Crippen molar-refractivity contribution in [3.05, 3.63) is 23.9 Å². The zero-order valence-electron chi connectivity index (χ0n) is 4.26. The quantitative estimate of drug-likeness (QED) is 0.520. The highest BCUT2D eigenvalue weighted by Crippen LogP contribution is 1.71. The van der Waals surface area contributed by atoms with Crippen LogP contribution in [0.3, 0.4) is 0 Å². The molecule has 0 aromatic heterocycles. The Hall–Kier alpha value is -0.370. The molecule has 0 saturated carbocycles. The van der Waals surface area contributed by atoms with Gasteiger partial charge in [-0.15, -0.1) is 12.6 Å². The molecule has 0 bridgehead atoms. The van der Waals surface area contributed by atoms with Gasteiger partial charge in [-0.2, -0.15) is 0 Å². The fourth-order valence-corrected chi connectivity index (χ4v) is 0.281. The van der Waals surface area contributed by atoms with Gasteiger partial charge in [0.1, 0.15) is 0 Å². The Morgan fingerprint density at radius 1 is 1.43 bits per heavy atom. The van der Waals surface area contributed by atoms with Gasteiger partial charge in [-0.25, -0.2) is 0 Å². The maximum Gasteiger partial charge on any atom is 0.00653 e. The maximum absolute atomic E-state index is 3.82. The van der Waals surface area contributed by atoms with Crippen LogP contribution in [0.4, 0.5) is 0 Å². The van der Waals surface area contributed by atoms with Crippen molar-refractivity contribution in [1.82, 2.24) is 5.32 Å². The lowest BCUT2D eigenvalue weighted by Crippen LogP contribution is -1.88. The van der Waals surface area contributed by atoms with Gasteiger partial charge < -0.3 is 5.32 Å². The van der Waals surface area contributed by atoms with Crippen LogP contribution in [0.5, 0.6) is 0 Å². The van der Waals surface area contributed by atoms with E-state index in [1.165, 1.54) is 0 Å². The average molecular weight is 115 g/mol. The highest BCUT2D eigenvalue weighted by Gasteiger charge is 1.55. The molecule has 0 radical (unpaired) electrons. The lowest BCUT2D eigenvalue weighted by Gasteiger charge is -1.81. The monoisotopic (exact) mass is 115 g/mol. The van der Waals surface area contributed by atoms with Crippen LogP contribution in [-0.4, -0.2) is 0 Å². The van der Waals surface area contributed by atoms with Gasteiger partial charge in [0, 0.05) is 6.20 Å². The largest absolute Gasteiger partial charge is 0.367 e. The molecular formula is C5H9NS. The van der Waals surface area contributed by atoms with E-state index in [2.05, 4.69) is 17.9 Å². The lowest BCUT2D eigenvalue weighted by atomic mass is 10.7. The van der Waals surface area contributed by atoms with Gasteiger partial charge >= 0.3 is 0 Å². The Kier molecular flexibility index (Phi) is 5.33. The smallest absolute Gasteiger partial charge is 0.00653 e. The van der Waals surface area contributed by atoms with Crippen molar-refractivity contribution in [2.45, 2.75) is 6.92 Å². The van der Waals surface area contributed by atoms with Crippen molar-refractivity contribution in [3.63, 3.8) is 0 Å². The molecule has 0 amide bonds. The average Bonchev–Trinajstić information content (AvgIpc) is 1.69. The van der Waals surface area contributed by atoms with Crippen LogP contribution in [0, 0.1) is 0 Å². The molecule has 0 aliphatic heterocycles. The van der Waals surface area contributed by atoms with Crippen LogP contribution in [0.1, 0.15) is 6.92 Å². The number of hydrogen-bond donors (Lipinski definition) is 2. The predicted molar refractivity (Wildman–Crippen MR) is 36.1 cm³/mol. The molecule has 0 unspecified atom stereocenters. The molecule has 0 atom stereocenters. The van der Waals surface area contributed by atoms with Crippen molar-refractivity contribution in [2.24, 2.45) is 0 Å². The molecular weight excluding hydrogens is 106 g/mol. The molecule has 0 spiro atoms. The first-order valence-corrected chi connectivity index (χ1v) is 2.60. The summed E-state index contributed by atoms with van der Waals surface area (Å²) in [4.78, 5) is 0. The summed E-state index contributed by atoms with van der Waals surface area (Å²) in [6.07, 6.45) is 5.48. The fourth-order valence-electron chi connectivity index (χ4n) is 0.195. The second-order valence-electron chi connectivity index (χ2n) is 0.982. The summed E-state index contributed by atoms with van der Waals surface area (Å²) in [6, 6.07) is 0.